The summed E-state index contributed by atoms with van der Waals surface area (Å²) in [7, 11) is 0. The van der Waals surface area contributed by atoms with E-state index in [4.69, 9.17) is 6.42 Å². The summed E-state index contributed by atoms with van der Waals surface area (Å²) in [4.78, 5) is 0. The summed E-state index contributed by atoms with van der Waals surface area (Å²) in [6, 6.07) is 9.41. The maximum absolute atomic E-state index is 5.45. The highest BCUT2D eigenvalue weighted by Crippen LogP contribution is 2.21. The van der Waals surface area contributed by atoms with E-state index in [-0.39, 0.29) is 6.04 Å². The van der Waals surface area contributed by atoms with Gasteiger partial charge in [0.2, 0.25) is 0 Å². The third-order valence-corrected chi connectivity index (χ3v) is 3.10. The Morgan fingerprint density at radius 3 is 2.47 bits per heavy atom. The fourth-order valence-electron chi connectivity index (χ4n) is 2.25. The van der Waals surface area contributed by atoms with Crippen LogP contribution in [0.2, 0.25) is 0 Å². The molecule has 1 aliphatic carbocycles. The zero-order valence-corrected chi connectivity index (χ0v) is 9.16. The molecule has 0 bridgehead atoms. The van der Waals surface area contributed by atoms with Crippen LogP contribution >= 0.6 is 0 Å². The minimum Gasteiger partial charge on any atom is -0.300 e. The predicted molar refractivity (Wildman–Crippen MR) is 63.7 cm³/mol. The molecule has 1 atom stereocenters. The Hall–Kier alpha value is -1.26. The van der Waals surface area contributed by atoms with Gasteiger partial charge in [0.1, 0.15) is 0 Å². The van der Waals surface area contributed by atoms with E-state index in [9.17, 15) is 0 Å². The van der Waals surface area contributed by atoms with E-state index in [1.54, 1.807) is 0 Å². The fraction of sp³-hybridized carbons (Fsp3) is 0.429. The normalized spacial score (nSPS) is 17.1. The summed E-state index contributed by atoms with van der Waals surface area (Å²) >= 11 is 0. The predicted octanol–water partition coefficient (Wildman–Crippen LogP) is 2.16. The first-order valence-electron chi connectivity index (χ1n) is 5.62. The van der Waals surface area contributed by atoms with E-state index in [1.165, 1.54) is 11.1 Å². The summed E-state index contributed by atoms with van der Waals surface area (Å²) in [5.74, 6) is 2.79. The number of fused-ring (bicyclic) bond motifs is 1. The first kappa shape index (κ1) is 10.3. The molecule has 0 saturated carbocycles. The summed E-state index contributed by atoms with van der Waals surface area (Å²) in [6.07, 6.45) is 8.70. The van der Waals surface area contributed by atoms with E-state index in [2.05, 4.69) is 42.4 Å². The van der Waals surface area contributed by atoms with Crippen LogP contribution in [-0.2, 0) is 12.8 Å². The summed E-state index contributed by atoms with van der Waals surface area (Å²) < 4.78 is 0. The zero-order chi connectivity index (χ0) is 10.7. The molecule has 78 valence electrons. The van der Waals surface area contributed by atoms with Gasteiger partial charge < -0.3 is 5.32 Å². The maximum Gasteiger partial charge on any atom is 0.0686 e. The van der Waals surface area contributed by atoms with Crippen LogP contribution in [0.1, 0.15) is 24.5 Å². The van der Waals surface area contributed by atoms with Crippen molar-refractivity contribution in [2.45, 2.75) is 38.3 Å². The minimum atomic E-state index is 0.226. The van der Waals surface area contributed by atoms with Crippen molar-refractivity contribution in [3.63, 3.8) is 0 Å². The molecule has 2 rings (SSSR count). The molecule has 1 heteroatoms. The van der Waals surface area contributed by atoms with Crippen LogP contribution in [0.5, 0.6) is 0 Å². The van der Waals surface area contributed by atoms with Crippen LogP contribution in [0, 0.1) is 12.3 Å². The highest BCUT2D eigenvalue weighted by atomic mass is 14.9. The van der Waals surface area contributed by atoms with Crippen molar-refractivity contribution >= 4 is 0 Å². The largest absolute Gasteiger partial charge is 0.300 e. The summed E-state index contributed by atoms with van der Waals surface area (Å²) in [5, 5.41) is 3.53. The quantitative estimate of drug-likeness (QED) is 0.736. The van der Waals surface area contributed by atoms with Crippen LogP contribution in [0.3, 0.4) is 0 Å². The van der Waals surface area contributed by atoms with Gasteiger partial charge in [-0.05, 0) is 30.4 Å². The Labute approximate surface area is 91.9 Å². The van der Waals surface area contributed by atoms with Gasteiger partial charge in [-0.15, -0.1) is 6.42 Å². The average molecular weight is 199 g/mol. The Bertz CT molecular complexity index is 350. The van der Waals surface area contributed by atoms with Gasteiger partial charge in [0.15, 0.2) is 0 Å². The Kier molecular flexibility index (Phi) is 3.08. The number of hydrogen-bond donors (Lipinski definition) is 1. The number of rotatable bonds is 3. The molecule has 0 saturated heterocycles. The standard InChI is InChI=1S/C14H17N/c1-3-13(4-2)15-14-9-11-7-5-6-8-12(11)10-14/h1,5-8,13-15H,4,9-10H2,2H3. The van der Waals surface area contributed by atoms with Crippen molar-refractivity contribution in [1.82, 2.24) is 5.32 Å². The van der Waals surface area contributed by atoms with Gasteiger partial charge in [0.25, 0.3) is 0 Å². The van der Waals surface area contributed by atoms with Crippen LogP contribution in [0.4, 0.5) is 0 Å². The Morgan fingerprint density at radius 2 is 2.00 bits per heavy atom. The molecule has 0 aromatic heterocycles. The Balaban J connectivity index is 1.99. The zero-order valence-electron chi connectivity index (χ0n) is 9.16. The monoisotopic (exact) mass is 199 g/mol. The second-order valence-corrected chi connectivity index (χ2v) is 4.17. The number of terminal acetylenes is 1. The molecule has 0 radical (unpaired) electrons. The van der Waals surface area contributed by atoms with Gasteiger partial charge in [0.05, 0.1) is 6.04 Å². The molecule has 15 heavy (non-hydrogen) atoms. The molecule has 1 unspecified atom stereocenters. The smallest absolute Gasteiger partial charge is 0.0686 e. The molecule has 1 N–H and O–H groups in total. The van der Waals surface area contributed by atoms with E-state index >= 15 is 0 Å². The highest BCUT2D eigenvalue weighted by molar-refractivity contribution is 5.33. The van der Waals surface area contributed by atoms with Crippen LogP contribution in [0.15, 0.2) is 24.3 Å². The summed E-state index contributed by atoms with van der Waals surface area (Å²) in [5.41, 5.74) is 2.95. The molecule has 0 aliphatic heterocycles. The second kappa shape index (κ2) is 4.51. The molecular formula is C14H17N. The van der Waals surface area contributed by atoms with Gasteiger partial charge in [0, 0.05) is 6.04 Å². The molecule has 1 nitrogen and oxygen atoms in total. The third kappa shape index (κ3) is 2.22. The number of hydrogen-bond acceptors (Lipinski definition) is 1. The molecule has 0 fully saturated rings. The van der Waals surface area contributed by atoms with Gasteiger partial charge in [-0.1, -0.05) is 37.1 Å². The van der Waals surface area contributed by atoms with Crippen molar-refractivity contribution < 1.29 is 0 Å². The second-order valence-electron chi connectivity index (χ2n) is 4.17. The lowest BCUT2D eigenvalue weighted by atomic mass is 10.1. The Morgan fingerprint density at radius 1 is 1.40 bits per heavy atom. The lowest BCUT2D eigenvalue weighted by Gasteiger charge is -2.16. The van der Waals surface area contributed by atoms with Crippen molar-refractivity contribution in [3.8, 4) is 12.3 Å². The average Bonchev–Trinajstić information content (AvgIpc) is 2.68. The van der Waals surface area contributed by atoms with Crippen molar-refractivity contribution in [3.05, 3.63) is 35.4 Å². The van der Waals surface area contributed by atoms with Crippen molar-refractivity contribution in [1.29, 1.82) is 0 Å². The van der Waals surface area contributed by atoms with E-state index in [0.29, 0.717) is 6.04 Å². The highest BCUT2D eigenvalue weighted by Gasteiger charge is 2.21. The van der Waals surface area contributed by atoms with E-state index < -0.39 is 0 Å². The molecule has 0 heterocycles. The molecule has 1 aromatic carbocycles. The first-order valence-corrected chi connectivity index (χ1v) is 5.62. The molecule has 0 spiro atoms. The van der Waals surface area contributed by atoms with Gasteiger partial charge in [-0.2, -0.15) is 0 Å². The topological polar surface area (TPSA) is 12.0 Å². The lowest BCUT2D eigenvalue weighted by Crippen LogP contribution is -2.37. The van der Waals surface area contributed by atoms with Crippen molar-refractivity contribution in [2.24, 2.45) is 0 Å². The first-order chi connectivity index (χ1) is 7.33. The van der Waals surface area contributed by atoms with Crippen molar-refractivity contribution in [2.75, 3.05) is 0 Å². The SMILES string of the molecule is C#CC(CC)NC1Cc2ccccc2C1. The van der Waals surface area contributed by atoms with Gasteiger partial charge >= 0.3 is 0 Å². The third-order valence-electron chi connectivity index (χ3n) is 3.10. The molecule has 0 amide bonds. The van der Waals surface area contributed by atoms with Crippen LogP contribution in [0.25, 0.3) is 0 Å². The number of nitrogens with one attached hydrogen (secondary N) is 1. The number of benzene rings is 1. The fourth-order valence-corrected chi connectivity index (χ4v) is 2.25. The molecule has 1 aromatic rings. The molecular weight excluding hydrogens is 182 g/mol. The van der Waals surface area contributed by atoms with Crippen LogP contribution in [-0.4, -0.2) is 12.1 Å². The van der Waals surface area contributed by atoms with Gasteiger partial charge in [-0.25, -0.2) is 0 Å². The molecule has 1 aliphatic rings. The summed E-state index contributed by atoms with van der Waals surface area (Å²) in [6.45, 7) is 2.12. The van der Waals surface area contributed by atoms with E-state index in [1.807, 2.05) is 0 Å². The minimum absolute atomic E-state index is 0.226. The lowest BCUT2D eigenvalue weighted by molar-refractivity contribution is 0.483. The van der Waals surface area contributed by atoms with Gasteiger partial charge in [-0.3, -0.25) is 0 Å². The van der Waals surface area contributed by atoms with E-state index in [0.717, 1.165) is 19.3 Å². The van der Waals surface area contributed by atoms with Crippen LogP contribution < -0.4 is 5.32 Å². The maximum atomic E-state index is 5.45.